The maximum atomic E-state index is 13.3. The largest absolute Gasteiger partial charge is 0.490 e. The molecule has 2 aromatic rings. The van der Waals surface area contributed by atoms with E-state index in [4.69, 9.17) is 9.15 Å². The summed E-state index contributed by atoms with van der Waals surface area (Å²) in [5, 5.41) is 12.9. The van der Waals surface area contributed by atoms with E-state index < -0.39 is 11.4 Å². The number of benzene rings is 1. The van der Waals surface area contributed by atoms with Gasteiger partial charge < -0.3 is 19.6 Å². The Morgan fingerprint density at radius 2 is 2.09 bits per heavy atom. The highest BCUT2D eigenvalue weighted by Gasteiger charge is 2.27. The minimum absolute atomic E-state index is 0.0124. The molecule has 2 N–H and O–H groups in total. The van der Waals surface area contributed by atoms with Gasteiger partial charge in [0.15, 0.2) is 11.6 Å². The van der Waals surface area contributed by atoms with Crippen molar-refractivity contribution in [3.63, 3.8) is 0 Å². The van der Waals surface area contributed by atoms with Crippen LogP contribution in [0.4, 0.5) is 4.39 Å². The van der Waals surface area contributed by atoms with E-state index in [9.17, 15) is 14.3 Å². The average molecular weight is 321 g/mol. The minimum atomic E-state index is -1.30. The third-order valence-corrected chi connectivity index (χ3v) is 3.32. The van der Waals surface area contributed by atoms with Crippen LogP contribution < -0.4 is 10.1 Å². The molecular weight excluding hydrogens is 301 g/mol. The van der Waals surface area contributed by atoms with Gasteiger partial charge in [-0.15, -0.1) is 0 Å². The Labute approximate surface area is 134 Å². The molecule has 1 atom stereocenters. The van der Waals surface area contributed by atoms with Crippen LogP contribution in [0.25, 0.3) is 0 Å². The van der Waals surface area contributed by atoms with Crippen LogP contribution in [0.3, 0.4) is 0 Å². The zero-order valence-electron chi connectivity index (χ0n) is 13.1. The van der Waals surface area contributed by atoms with E-state index in [2.05, 4.69) is 5.32 Å². The lowest BCUT2D eigenvalue weighted by atomic mass is 10.0. The summed E-state index contributed by atoms with van der Waals surface area (Å²) in [6, 6.07) is 9.42. The van der Waals surface area contributed by atoms with Gasteiger partial charge in [-0.05, 0) is 38.1 Å². The maximum absolute atomic E-state index is 13.3. The first-order chi connectivity index (χ1) is 10.9. The molecule has 6 heteroatoms. The summed E-state index contributed by atoms with van der Waals surface area (Å²) in [7, 11) is 0. The summed E-state index contributed by atoms with van der Waals surface area (Å²) in [4.78, 5) is 11.8. The fourth-order valence-electron chi connectivity index (χ4n) is 1.99. The highest BCUT2D eigenvalue weighted by atomic mass is 19.1. The Bertz CT molecular complexity index is 666. The lowest BCUT2D eigenvalue weighted by Crippen LogP contribution is -2.38. The Kier molecular flexibility index (Phi) is 5.39. The van der Waals surface area contributed by atoms with Crippen molar-refractivity contribution in [1.29, 1.82) is 0 Å². The maximum Gasteiger partial charge on any atom is 0.223 e. The molecule has 1 amide bonds. The van der Waals surface area contributed by atoms with Gasteiger partial charge in [0.2, 0.25) is 5.91 Å². The summed E-state index contributed by atoms with van der Waals surface area (Å²) in [5.41, 5.74) is -1.30. The van der Waals surface area contributed by atoms with E-state index in [0.717, 1.165) is 0 Å². The van der Waals surface area contributed by atoms with Crippen LogP contribution in [0.2, 0.25) is 0 Å². The third-order valence-electron chi connectivity index (χ3n) is 3.32. The molecule has 0 saturated heterocycles. The van der Waals surface area contributed by atoms with E-state index in [1.165, 1.54) is 12.1 Å². The van der Waals surface area contributed by atoms with Gasteiger partial charge in [-0.25, -0.2) is 4.39 Å². The average Bonchev–Trinajstić information content (AvgIpc) is 2.95. The standard InChI is InChI=1S/C17H20FNO4/c1-12-7-8-15(23-12)17(2,21)11-19-16(20)9-10-22-14-6-4-3-5-13(14)18/h3-8,21H,9-11H2,1-2H3,(H,19,20). The topological polar surface area (TPSA) is 71.7 Å². The van der Waals surface area contributed by atoms with Crippen LogP contribution in [0, 0.1) is 12.7 Å². The first-order valence-corrected chi connectivity index (χ1v) is 7.32. The van der Waals surface area contributed by atoms with E-state index in [-0.39, 0.29) is 31.2 Å². The van der Waals surface area contributed by atoms with Crippen LogP contribution in [0.15, 0.2) is 40.8 Å². The highest BCUT2D eigenvalue weighted by Crippen LogP contribution is 2.22. The quantitative estimate of drug-likeness (QED) is 0.822. The number of aliphatic hydroxyl groups is 1. The monoisotopic (exact) mass is 321 g/mol. The summed E-state index contributed by atoms with van der Waals surface area (Å²) in [6.45, 7) is 3.40. The second-order valence-corrected chi connectivity index (χ2v) is 5.49. The zero-order valence-corrected chi connectivity index (χ0v) is 13.1. The van der Waals surface area contributed by atoms with Gasteiger partial charge in [-0.1, -0.05) is 12.1 Å². The molecule has 0 bridgehead atoms. The van der Waals surface area contributed by atoms with Crippen molar-refractivity contribution in [3.8, 4) is 5.75 Å². The second kappa shape index (κ2) is 7.28. The summed E-state index contributed by atoms with van der Waals surface area (Å²) in [5.74, 6) is 0.412. The number of furan rings is 1. The number of aryl methyl sites for hydroxylation is 1. The number of para-hydroxylation sites is 1. The molecule has 0 aliphatic heterocycles. The number of rotatable bonds is 7. The Balaban J connectivity index is 1.76. The van der Waals surface area contributed by atoms with Crippen LogP contribution in [-0.4, -0.2) is 24.2 Å². The fourth-order valence-corrected chi connectivity index (χ4v) is 1.99. The predicted octanol–water partition coefficient (Wildman–Crippen LogP) is 2.52. The van der Waals surface area contributed by atoms with Gasteiger partial charge in [-0.2, -0.15) is 0 Å². The van der Waals surface area contributed by atoms with Crippen molar-refractivity contribution < 1.29 is 23.4 Å². The van der Waals surface area contributed by atoms with Gasteiger partial charge in [0.1, 0.15) is 17.1 Å². The van der Waals surface area contributed by atoms with Crippen LogP contribution in [0.1, 0.15) is 24.9 Å². The zero-order chi connectivity index (χ0) is 16.9. The molecule has 5 nitrogen and oxygen atoms in total. The molecule has 1 aromatic heterocycles. The Morgan fingerprint density at radius 1 is 1.35 bits per heavy atom. The van der Waals surface area contributed by atoms with Crippen molar-refractivity contribution in [2.24, 2.45) is 0 Å². The van der Waals surface area contributed by atoms with Gasteiger partial charge in [0, 0.05) is 0 Å². The van der Waals surface area contributed by atoms with E-state index in [1.807, 2.05) is 0 Å². The molecule has 0 radical (unpaired) electrons. The van der Waals surface area contributed by atoms with Crippen LogP contribution in [0.5, 0.6) is 5.75 Å². The smallest absolute Gasteiger partial charge is 0.223 e. The van der Waals surface area contributed by atoms with Gasteiger partial charge in [0.05, 0.1) is 19.6 Å². The Morgan fingerprint density at radius 3 is 2.74 bits per heavy atom. The first-order valence-electron chi connectivity index (χ1n) is 7.32. The van der Waals surface area contributed by atoms with Crippen LogP contribution in [-0.2, 0) is 10.4 Å². The van der Waals surface area contributed by atoms with Crippen LogP contribution >= 0.6 is 0 Å². The summed E-state index contributed by atoms with van der Waals surface area (Å²) < 4.78 is 23.9. The minimum Gasteiger partial charge on any atom is -0.490 e. The summed E-state index contributed by atoms with van der Waals surface area (Å²) >= 11 is 0. The normalized spacial score (nSPS) is 13.4. The SMILES string of the molecule is Cc1ccc(C(C)(O)CNC(=O)CCOc2ccccc2F)o1. The molecule has 2 rings (SSSR count). The molecule has 0 aliphatic rings. The molecule has 0 spiro atoms. The number of halogens is 1. The number of hydrogen-bond donors (Lipinski definition) is 2. The van der Waals surface area contributed by atoms with Gasteiger partial charge in [0.25, 0.3) is 0 Å². The molecule has 0 saturated carbocycles. The molecule has 0 aliphatic carbocycles. The summed E-state index contributed by atoms with van der Waals surface area (Å²) in [6.07, 6.45) is 0.0571. The van der Waals surface area contributed by atoms with Crippen molar-refractivity contribution >= 4 is 5.91 Å². The second-order valence-electron chi connectivity index (χ2n) is 5.49. The number of carbonyl (C=O) groups excluding carboxylic acids is 1. The van der Waals surface area contributed by atoms with Crippen molar-refractivity contribution in [1.82, 2.24) is 5.32 Å². The van der Waals surface area contributed by atoms with E-state index >= 15 is 0 Å². The van der Waals surface area contributed by atoms with Gasteiger partial charge >= 0.3 is 0 Å². The molecular formula is C17H20FNO4. The number of nitrogens with one attached hydrogen (secondary N) is 1. The molecule has 0 fully saturated rings. The number of ether oxygens (including phenoxy) is 1. The first kappa shape index (κ1) is 17.0. The molecule has 23 heavy (non-hydrogen) atoms. The number of carbonyl (C=O) groups is 1. The van der Waals surface area contributed by atoms with Gasteiger partial charge in [-0.3, -0.25) is 4.79 Å². The van der Waals surface area contributed by atoms with E-state index in [0.29, 0.717) is 11.5 Å². The van der Waals surface area contributed by atoms with E-state index in [1.54, 1.807) is 38.1 Å². The number of hydrogen-bond acceptors (Lipinski definition) is 4. The lowest BCUT2D eigenvalue weighted by molar-refractivity contribution is -0.123. The third kappa shape index (κ3) is 4.82. The lowest BCUT2D eigenvalue weighted by Gasteiger charge is -2.21. The molecule has 1 heterocycles. The van der Waals surface area contributed by atoms with Crippen molar-refractivity contribution in [2.45, 2.75) is 25.9 Å². The van der Waals surface area contributed by atoms with Crippen molar-refractivity contribution in [3.05, 3.63) is 53.7 Å². The molecule has 1 aromatic carbocycles. The predicted molar refractivity (Wildman–Crippen MR) is 82.5 cm³/mol. The fraction of sp³-hybridized carbons (Fsp3) is 0.353. The molecule has 124 valence electrons. The molecule has 1 unspecified atom stereocenters. The highest BCUT2D eigenvalue weighted by molar-refractivity contribution is 5.76. The van der Waals surface area contributed by atoms with Crippen molar-refractivity contribution in [2.75, 3.05) is 13.2 Å². The number of amides is 1. The Hall–Kier alpha value is -2.34.